The Hall–Kier alpha value is -0.441. The second-order valence-electron chi connectivity index (χ2n) is 8.59. The summed E-state index contributed by atoms with van der Waals surface area (Å²) in [6.45, 7) is -1.93. The summed E-state index contributed by atoms with van der Waals surface area (Å²) in [6, 6.07) is 0. The third-order valence-electron chi connectivity index (χ3n) is 5.81. The van der Waals surface area contributed by atoms with Crippen LogP contribution in [0.1, 0.15) is 28.4 Å². The van der Waals surface area contributed by atoms with E-state index >= 15 is 0 Å². The Morgan fingerprint density at radius 2 is 1.35 bits per heavy atom. The molecular formula is C27H25K3N2O14. The molecular weight excluding hydrogens is 694 g/mol. The Kier molecular flexibility index (Phi) is 23.9. The van der Waals surface area contributed by atoms with Crippen molar-refractivity contribution in [3.8, 4) is 5.88 Å². The summed E-state index contributed by atoms with van der Waals surface area (Å²) in [5.41, 5.74) is -3.40. The number of imide groups is 1. The molecule has 1 aliphatic rings. The third-order valence-corrected chi connectivity index (χ3v) is 5.81. The van der Waals surface area contributed by atoms with E-state index in [0.29, 0.717) is 0 Å². The van der Waals surface area contributed by atoms with Gasteiger partial charge >= 0.3 is 166 Å². The molecule has 0 bridgehead atoms. The van der Waals surface area contributed by atoms with E-state index < -0.39 is 97.8 Å². The van der Waals surface area contributed by atoms with Gasteiger partial charge in [0.25, 0.3) is 17.4 Å². The average molecular weight is 719 g/mol. The van der Waals surface area contributed by atoms with E-state index in [9.17, 15) is 48.9 Å². The van der Waals surface area contributed by atoms with E-state index in [1.807, 2.05) is 0 Å². The number of esters is 2. The molecule has 0 atom stereocenters. The van der Waals surface area contributed by atoms with Gasteiger partial charge in [-0.2, -0.15) is 0 Å². The number of carbonyl (C=O) groups is 6. The molecule has 16 nitrogen and oxygen atoms in total. The van der Waals surface area contributed by atoms with Crippen LogP contribution < -0.4 is 175 Å². The van der Waals surface area contributed by atoms with Gasteiger partial charge in [-0.15, -0.1) is 0 Å². The van der Waals surface area contributed by atoms with E-state index in [4.69, 9.17) is 19.7 Å². The fourth-order valence-corrected chi connectivity index (χ4v) is 3.86. The van der Waals surface area contributed by atoms with Crippen molar-refractivity contribution in [3.05, 3.63) is 68.1 Å². The molecule has 0 aromatic carbocycles. The van der Waals surface area contributed by atoms with Gasteiger partial charge in [-0.3, -0.25) is 19.3 Å². The van der Waals surface area contributed by atoms with Crippen molar-refractivity contribution in [2.24, 2.45) is 0 Å². The molecule has 2 rings (SSSR count). The SMILES string of the molecule is CC1=C(C(=O)OCCO)C(=O)N(CC(=O)[O-])C(=O)/C1=C\C=CC=Cc1c(C)c(C(=O)OCCO)c(=O)n(CC(=O)[O-])c1[O-].[K+].[K+].[K+]. The number of allylic oxidation sites excluding steroid dienone is 4. The van der Waals surface area contributed by atoms with Crippen molar-refractivity contribution < 1.29 is 218 Å². The minimum atomic E-state index is -1.79. The van der Waals surface area contributed by atoms with E-state index in [1.54, 1.807) is 0 Å². The van der Waals surface area contributed by atoms with Crippen molar-refractivity contribution in [2.75, 3.05) is 33.0 Å². The Morgan fingerprint density at radius 3 is 1.87 bits per heavy atom. The van der Waals surface area contributed by atoms with E-state index in [-0.39, 0.29) is 186 Å². The second kappa shape index (κ2) is 23.1. The first kappa shape index (κ1) is 47.7. The van der Waals surface area contributed by atoms with E-state index in [1.165, 1.54) is 32.1 Å². The Morgan fingerprint density at radius 1 is 0.804 bits per heavy atom. The van der Waals surface area contributed by atoms with Crippen LogP contribution in [0.15, 0.2) is 45.8 Å². The van der Waals surface area contributed by atoms with Crippen LogP contribution in [-0.2, 0) is 40.0 Å². The van der Waals surface area contributed by atoms with Crippen molar-refractivity contribution in [1.29, 1.82) is 0 Å². The molecule has 1 aromatic heterocycles. The summed E-state index contributed by atoms with van der Waals surface area (Å²) in [5.74, 6) is -9.37. The summed E-state index contributed by atoms with van der Waals surface area (Å²) in [7, 11) is 0. The molecule has 19 heteroatoms. The van der Waals surface area contributed by atoms with E-state index in [2.05, 4.69) is 0 Å². The molecule has 0 saturated carbocycles. The third kappa shape index (κ3) is 12.5. The van der Waals surface area contributed by atoms with Gasteiger partial charge in [0, 0.05) is 5.57 Å². The summed E-state index contributed by atoms with van der Waals surface area (Å²) in [4.78, 5) is 85.5. The standard InChI is InChI=1S/C27H28N2O14.3K/c1-14-16(22(36)28(12-18(32)33)24(38)20(14)26(40)42-10-8-30)6-4-3-5-7-17-15(2)21(27(41)43-11-9-31)25(39)29(23(17)37)13-19(34)35;;;/h3-7,30-31,36H,8-13H2,1-2H3,(H,32,33)(H,34,35);;;/q;3*+1/p-3/b5-3?,6-4?,17-7-;;;. The quantitative estimate of drug-likeness (QED) is 0.0480. The largest absolute Gasteiger partial charge is 1.00 e. The maximum Gasteiger partial charge on any atom is 1.00 e. The number of aromatic nitrogens is 1. The van der Waals surface area contributed by atoms with Gasteiger partial charge in [-0.1, -0.05) is 24.3 Å². The van der Waals surface area contributed by atoms with Gasteiger partial charge < -0.3 is 49.2 Å². The first-order valence-electron chi connectivity index (χ1n) is 12.3. The van der Waals surface area contributed by atoms with Gasteiger partial charge in [0.2, 0.25) is 0 Å². The van der Waals surface area contributed by atoms with Crippen LogP contribution in [0.4, 0.5) is 0 Å². The molecule has 0 radical (unpaired) electrons. The fourth-order valence-electron chi connectivity index (χ4n) is 3.86. The maximum atomic E-state index is 12.9. The molecule has 0 unspecified atom stereocenters. The monoisotopic (exact) mass is 718 g/mol. The maximum absolute atomic E-state index is 12.9. The first-order valence-corrected chi connectivity index (χ1v) is 12.3. The number of carbonyl (C=O) groups excluding carboxylic acids is 6. The molecule has 2 N–H and O–H groups in total. The van der Waals surface area contributed by atoms with E-state index in [0.717, 1.165) is 12.2 Å². The molecule has 0 spiro atoms. The number of nitrogens with zero attached hydrogens (tertiary/aromatic N) is 2. The molecule has 46 heavy (non-hydrogen) atoms. The Labute approximate surface area is 389 Å². The van der Waals surface area contributed by atoms with Gasteiger partial charge in [0.05, 0.1) is 38.2 Å². The Bertz CT molecular complexity index is 1540. The van der Waals surface area contributed by atoms with Crippen molar-refractivity contribution in [3.63, 3.8) is 0 Å². The predicted octanol–water partition coefficient (Wildman–Crippen LogP) is -13.4. The number of carboxylic acids is 2. The summed E-state index contributed by atoms with van der Waals surface area (Å²) in [6.07, 6.45) is 5.91. The number of aliphatic carboxylic acids is 2. The smallest absolute Gasteiger partial charge is 0.860 e. The normalized spacial score (nSPS) is 13.7. The fraction of sp³-hybridized carbons (Fsp3) is 0.296. The number of aliphatic hydroxyl groups is 2. The zero-order valence-corrected chi connectivity index (χ0v) is 35.2. The Balaban J connectivity index is 0. The van der Waals surface area contributed by atoms with Crippen LogP contribution in [0.5, 0.6) is 5.88 Å². The zero-order chi connectivity index (χ0) is 32.4. The van der Waals surface area contributed by atoms with Crippen LogP contribution in [0.25, 0.3) is 6.08 Å². The predicted molar refractivity (Wildman–Crippen MR) is 136 cm³/mol. The number of carboxylic acid groups (broad SMARTS) is 2. The zero-order valence-electron chi connectivity index (χ0n) is 25.8. The van der Waals surface area contributed by atoms with Crippen molar-refractivity contribution in [1.82, 2.24) is 9.47 Å². The molecule has 0 aliphatic carbocycles. The number of pyridine rings is 1. The van der Waals surface area contributed by atoms with Crippen LogP contribution in [-0.4, -0.2) is 88.3 Å². The number of rotatable bonds is 13. The number of hydrogen-bond donors (Lipinski definition) is 2. The van der Waals surface area contributed by atoms with Crippen LogP contribution in [0.3, 0.4) is 0 Å². The first-order chi connectivity index (χ1) is 20.3. The molecule has 1 aliphatic heterocycles. The molecule has 230 valence electrons. The van der Waals surface area contributed by atoms with Gasteiger partial charge in [0.1, 0.15) is 24.4 Å². The topological polar surface area (TPSA) is 256 Å². The molecule has 2 amide bonds. The van der Waals surface area contributed by atoms with Crippen molar-refractivity contribution in [2.45, 2.75) is 20.4 Å². The average Bonchev–Trinajstić information content (AvgIpc) is 2.93. The minimum absolute atomic E-state index is 0. The van der Waals surface area contributed by atoms with Gasteiger partial charge in [-0.25, -0.2) is 9.59 Å². The van der Waals surface area contributed by atoms with Gasteiger partial charge in [-0.05, 0) is 42.5 Å². The number of amides is 2. The van der Waals surface area contributed by atoms with Crippen molar-refractivity contribution >= 4 is 41.8 Å². The van der Waals surface area contributed by atoms with Gasteiger partial charge in [0.15, 0.2) is 0 Å². The summed E-state index contributed by atoms with van der Waals surface area (Å²) in [5, 5.41) is 52.9. The minimum Gasteiger partial charge on any atom is -0.860 e. The molecule has 0 saturated heterocycles. The number of hydrogen-bond acceptors (Lipinski definition) is 14. The van der Waals surface area contributed by atoms with Crippen LogP contribution in [0.2, 0.25) is 0 Å². The molecule has 0 fully saturated rings. The summed E-state index contributed by atoms with van der Waals surface area (Å²) >= 11 is 0. The van der Waals surface area contributed by atoms with Crippen LogP contribution >= 0.6 is 0 Å². The summed E-state index contributed by atoms with van der Waals surface area (Å²) < 4.78 is 9.76. The number of aliphatic hydroxyl groups excluding tert-OH is 2. The van der Waals surface area contributed by atoms with Crippen LogP contribution in [0, 0.1) is 6.92 Å². The molecule has 1 aromatic rings. The molecule has 2 heterocycles. The second-order valence-corrected chi connectivity index (χ2v) is 8.59. The number of ether oxygens (including phenoxy) is 2.